The van der Waals surface area contributed by atoms with Crippen molar-refractivity contribution in [1.82, 2.24) is 0 Å². The minimum absolute atomic E-state index is 0.105. The van der Waals surface area contributed by atoms with Crippen LogP contribution < -0.4 is 0 Å². The van der Waals surface area contributed by atoms with Gasteiger partial charge in [0.1, 0.15) is 35.9 Å². The zero-order valence-electron chi connectivity index (χ0n) is 26.8. The van der Waals surface area contributed by atoms with Gasteiger partial charge in [-0.15, -0.1) is 0 Å². The summed E-state index contributed by atoms with van der Waals surface area (Å²) in [6.07, 6.45) is -6.09. The third-order valence-corrected chi connectivity index (χ3v) is 9.63. The second kappa shape index (κ2) is 12.5. The van der Waals surface area contributed by atoms with E-state index in [4.69, 9.17) is 23.7 Å². The van der Waals surface area contributed by atoms with Gasteiger partial charge in [0, 0.05) is 32.3 Å². The van der Waals surface area contributed by atoms with Gasteiger partial charge in [0.2, 0.25) is 0 Å². The third kappa shape index (κ3) is 5.73. The number of carbonyl (C=O) groups excluding carboxylic acids is 4. The highest BCUT2D eigenvalue weighted by Gasteiger charge is 2.87. The highest BCUT2D eigenvalue weighted by Crippen LogP contribution is 2.68. The number of benzene rings is 2. The molecule has 1 aliphatic heterocycles. The van der Waals surface area contributed by atoms with Gasteiger partial charge in [-0.25, -0.2) is 9.59 Å². The minimum Gasteiger partial charge on any atom is -0.465 e. The molecule has 2 bridgehead atoms. The van der Waals surface area contributed by atoms with Gasteiger partial charge in [-0.3, -0.25) is 9.59 Å². The lowest BCUT2D eigenvalue weighted by Crippen LogP contribution is -2.85. The molecule has 1 heterocycles. The Morgan fingerprint density at radius 3 is 2.09 bits per heavy atom. The van der Waals surface area contributed by atoms with Crippen LogP contribution in [0.4, 0.5) is 0 Å². The van der Waals surface area contributed by atoms with Crippen molar-refractivity contribution in [2.75, 3.05) is 6.61 Å². The highest BCUT2D eigenvalue weighted by molar-refractivity contribution is 5.89. The molecule has 2 aromatic carbocycles. The maximum Gasteiger partial charge on any atom is 0.338 e. The van der Waals surface area contributed by atoms with E-state index >= 15 is 0 Å². The van der Waals surface area contributed by atoms with Crippen LogP contribution in [-0.4, -0.2) is 93.1 Å². The first kappa shape index (κ1) is 34.2. The number of esters is 4. The van der Waals surface area contributed by atoms with E-state index < -0.39 is 95.6 Å². The number of rotatable bonds is 8. The second-order valence-corrected chi connectivity index (χ2v) is 13.1. The summed E-state index contributed by atoms with van der Waals surface area (Å²) in [6, 6.07) is 16.7. The number of aliphatic hydroxyl groups excluding tert-OH is 2. The first-order valence-corrected chi connectivity index (χ1v) is 15.4. The lowest BCUT2D eigenvalue weighted by atomic mass is 9.46. The molecule has 3 fully saturated rings. The van der Waals surface area contributed by atoms with Crippen LogP contribution >= 0.6 is 0 Å². The van der Waals surface area contributed by atoms with E-state index in [9.17, 15) is 34.5 Å². The molecule has 0 unspecified atom stereocenters. The van der Waals surface area contributed by atoms with Crippen molar-refractivity contribution < 1.29 is 58.2 Å². The first-order chi connectivity index (χ1) is 22.1. The van der Waals surface area contributed by atoms with E-state index in [0.717, 1.165) is 19.9 Å². The van der Waals surface area contributed by atoms with E-state index in [1.165, 1.54) is 25.1 Å². The Balaban J connectivity index is 1.75. The molecule has 252 valence electrons. The Bertz CT molecular complexity index is 1540. The maximum absolute atomic E-state index is 13.7. The monoisotopic (exact) mass is 652 g/mol. The Morgan fingerprint density at radius 1 is 0.872 bits per heavy atom. The molecule has 3 aliphatic rings. The van der Waals surface area contributed by atoms with E-state index in [0.29, 0.717) is 5.56 Å². The fourth-order valence-electron chi connectivity index (χ4n) is 7.95. The molecule has 47 heavy (non-hydrogen) atoms. The quantitative estimate of drug-likeness (QED) is 0.216. The van der Waals surface area contributed by atoms with E-state index in [1.807, 2.05) is 0 Å². The van der Waals surface area contributed by atoms with Crippen molar-refractivity contribution in [1.29, 1.82) is 0 Å². The van der Waals surface area contributed by atoms with Crippen LogP contribution in [0.3, 0.4) is 0 Å². The predicted octanol–water partition coefficient (Wildman–Crippen LogP) is 2.37. The van der Waals surface area contributed by atoms with Gasteiger partial charge in [0.25, 0.3) is 0 Å². The minimum atomic E-state index is -2.25. The van der Waals surface area contributed by atoms with E-state index in [1.54, 1.807) is 62.4 Å². The van der Waals surface area contributed by atoms with Crippen molar-refractivity contribution in [3.05, 3.63) is 77.9 Å². The van der Waals surface area contributed by atoms with Crippen LogP contribution in [0, 0.1) is 11.3 Å². The fraction of sp³-hybridized carbons (Fsp3) is 0.486. The molecular formula is C35H40O12. The van der Waals surface area contributed by atoms with Crippen molar-refractivity contribution in [3.8, 4) is 0 Å². The lowest BCUT2D eigenvalue weighted by molar-refractivity contribution is -0.362. The number of fused-ring (bicyclic) bond motifs is 1. The van der Waals surface area contributed by atoms with Crippen molar-refractivity contribution in [3.63, 3.8) is 0 Å². The normalized spacial score (nSPS) is 35.4. The molecule has 1 saturated heterocycles. The van der Waals surface area contributed by atoms with Crippen LogP contribution in [0.25, 0.3) is 6.08 Å². The van der Waals surface area contributed by atoms with Crippen molar-refractivity contribution >= 4 is 30.0 Å². The molecular weight excluding hydrogens is 612 g/mol. The number of hydrogen-bond donors (Lipinski definition) is 3. The van der Waals surface area contributed by atoms with Gasteiger partial charge in [0.05, 0.1) is 22.9 Å². The van der Waals surface area contributed by atoms with Gasteiger partial charge >= 0.3 is 23.9 Å². The topological polar surface area (TPSA) is 175 Å². The summed E-state index contributed by atoms with van der Waals surface area (Å²) < 4.78 is 30.0. The molecule has 12 heteroatoms. The SMILES string of the molecule is CC(=O)OC[C@]12[C@H](OC(=O)c3ccccc3)[C@@H](O)[C@@H]3[C@@H](O)[C@@]1(OC3(C)C)[C@@](C)(O)C[C@H](OC(C)=O)[C@@H]2OC(=O)C=Cc1ccccc1. The predicted molar refractivity (Wildman–Crippen MR) is 164 cm³/mol. The van der Waals surface area contributed by atoms with Crippen LogP contribution in [0.1, 0.15) is 57.0 Å². The summed E-state index contributed by atoms with van der Waals surface area (Å²) in [5.41, 5.74) is -7.17. The fourth-order valence-corrected chi connectivity index (χ4v) is 7.95. The van der Waals surface area contributed by atoms with Crippen LogP contribution in [0.5, 0.6) is 0 Å². The average molecular weight is 653 g/mol. The Labute approximate surface area is 272 Å². The molecule has 0 radical (unpaired) electrons. The van der Waals surface area contributed by atoms with Gasteiger partial charge < -0.3 is 39.0 Å². The summed E-state index contributed by atoms with van der Waals surface area (Å²) in [5, 5.41) is 36.5. The molecule has 2 saturated carbocycles. The lowest BCUT2D eigenvalue weighted by Gasteiger charge is -2.66. The molecule has 0 aromatic heterocycles. The van der Waals surface area contributed by atoms with Gasteiger partial charge in [0.15, 0.2) is 6.10 Å². The third-order valence-electron chi connectivity index (χ3n) is 9.63. The van der Waals surface area contributed by atoms with Crippen molar-refractivity contribution in [2.45, 2.75) is 88.4 Å². The smallest absolute Gasteiger partial charge is 0.338 e. The maximum atomic E-state index is 13.7. The van der Waals surface area contributed by atoms with Crippen LogP contribution in [-0.2, 0) is 38.1 Å². The summed E-state index contributed by atoms with van der Waals surface area (Å²) in [6.45, 7) is 5.97. The number of ether oxygens (including phenoxy) is 5. The molecule has 3 N–H and O–H groups in total. The largest absolute Gasteiger partial charge is 0.465 e. The zero-order valence-corrected chi connectivity index (χ0v) is 26.8. The van der Waals surface area contributed by atoms with Crippen LogP contribution in [0.15, 0.2) is 66.7 Å². The summed E-state index contributed by atoms with van der Waals surface area (Å²) in [7, 11) is 0. The molecule has 2 aromatic rings. The van der Waals surface area contributed by atoms with Crippen molar-refractivity contribution in [2.24, 2.45) is 11.3 Å². The summed E-state index contributed by atoms with van der Waals surface area (Å²) in [4.78, 5) is 52.2. The molecule has 0 amide bonds. The number of hydrogen-bond acceptors (Lipinski definition) is 12. The average Bonchev–Trinajstić information content (AvgIpc) is 3.19. The van der Waals surface area contributed by atoms with Gasteiger partial charge in [-0.1, -0.05) is 48.5 Å². The Morgan fingerprint density at radius 2 is 1.49 bits per heavy atom. The van der Waals surface area contributed by atoms with E-state index in [-0.39, 0.29) is 5.56 Å². The standard InChI is InChI=1S/C35H40O12/c1-20(36)43-19-34-29(45-25(38)17-16-22-12-8-6-9-13-22)24(44-21(2)37)18-33(5,42)35(34)28(40)26(32(3,4)47-35)27(39)30(34)46-31(41)23-14-10-7-11-15-23/h6-17,24,26-30,39-40,42H,18-19H2,1-5H3/t24-,26+,27-,28+,29-,30+,33-,34-,35+/m0/s1. The number of aliphatic hydroxyl groups is 3. The summed E-state index contributed by atoms with van der Waals surface area (Å²) in [5.74, 6) is -4.59. The Hall–Kier alpha value is -4.10. The molecule has 12 nitrogen and oxygen atoms in total. The second-order valence-electron chi connectivity index (χ2n) is 13.1. The van der Waals surface area contributed by atoms with E-state index in [2.05, 4.69) is 0 Å². The number of carbonyl (C=O) groups is 4. The highest BCUT2D eigenvalue weighted by atomic mass is 16.6. The zero-order chi connectivity index (χ0) is 34.4. The summed E-state index contributed by atoms with van der Waals surface area (Å²) >= 11 is 0. The Kier molecular flexibility index (Phi) is 9.10. The molecule has 2 aliphatic carbocycles. The molecule has 1 spiro atoms. The van der Waals surface area contributed by atoms with Gasteiger partial charge in [-0.2, -0.15) is 0 Å². The first-order valence-electron chi connectivity index (χ1n) is 15.4. The van der Waals surface area contributed by atoms with Crippen LogP contribution in [0.2, 0.25) is 0 Å². The van der Waals surface area contributed by atoms with Gasteiger partial charge in [-0.05, 0) is 44.5 Å². The molecule has 5 rings (SSSR count). The molecule has 9 atom stereocenters.